The lowest BCUT2D eigenvalue weighted by Gasteiger charge is -2.15. The van der Waals surface area contributed by atoms with Gasteiger partial charge in [-0.2, -0.15) is 0 Å². The molecule has 0 aliphatic heterocycles. The number of nitrogens with two attached hydrogens (primary N) is 1. The molecule has 1 aromatic carbocycles. The molecule has 0 heterocycles. The molecule has 0 amide bonds. The van der Waals surface area contributed by atoms with Gasteiger partial charge in [-0.25, -0.2) is 4.79 Å². The van der Waals surface area contributed by atoms with Gasteiger partial charge in [0.2, 0.25) is 0 Å². The maximum Gasteiger partial charge on any atom is 0.339 e. The highest BCUT2D eigenvalue weighted by atomic mass is 35.5. The van der Waals surface area contributed by atoms with Crippen LogP contribution in [-0.4, -0.2) is 16.2 Å². The molecule has 0 spiro atoms. The number of aryl methyl sites for hydroxylation is 1. The van der Waals surface area contributed by atoms with Crippen molar-refractivity contribution < 1.29 is 15.0 Å². The van der Waals surface area contributed by atoms with Gasteiger partial charge in [0.15, 0.2) is 0 Å². The number of phenols is 1. The second-order valence-corrected chi connectivity index (χ2v) is 4.03. The van der Waals surface area contributed by atoms with E-state index >= 15 is 0 Å². The minimum absolute atomic E-state index is 0. The minimum atomic E-state index is -1.15. The van der Waals surface area contributed by atoms with Gasteiger partial charge < -0.3 is 15.9 Å². The van der Waals surface area contributed by atoms with E-state index in [1.54, 1.807) is 19.1 Å². The molecule has 0 aliphatic carbocycles. The molecule has 1 rings (SSSR count). The highest BCUT2D eigenvalue weighted by Gasteiger charge is 2.18. The average molecular weight is 272 g/mol. The van der Waals surface area contributed by atoms with Crippen LogP contribution in [0.3, 0.4) is 0 Å². The largest absolute Gasteiger partial charge is 0.507 e. The number of rotatable bonds is 5. The van der Waals surface area contributed by atoms with Gasteiger partial charge in [-0.3, -0.25) is 0 Å². The van der Waals surface area contributed by atoms with Crippen molar-refractivity contribution >= 4 is 18.4 Å². The number of benzene rings is 1. The van der Waals surface area contributed by atoms with Crippen molar-refractivity contribution in [1.29, 1.82) is 0 Å². The SMILES string of the molecule is C=CCC[C@@H](N)c1cc(C)cc(C(=O)O)c1O.Cl. The summed E-state index contributed by atoms with van der Waals surface area (Å²) in [6.45, 7) is 5.37. The van der Waals surface area contributed by atoms with Crippen LogP contribution in [0.25, 0.3) is 0 Å². The number of carbonyl (C=O) groups is 1. The molecule has 0 saturated heterocycles. The van der Waals surface area contributed by atoms with E-state index in [-0.39, 0.29) is 29.8 Å². The van der Waals surface area contributed by atoms with Gasteiger partial charge in [0.25, 0.3) is 0 Å². The van der Waals surface area contributed by atoms with E-state index in [1.807, 2.05) is 0 Å². The minimum Gasteiger partial charge on any atom is -0.507 e. The lowest BCUT2D eigenvalue weighted by atomic mass is 9.96. The fraction of sp³-hybridized carbons (Fsp3) is 0.308. The molecular formula is C13H18ClNO3. The molecule has 100 valence electrons. The lowest BCUT2D eigenvalue weighted by molar-refractivity contribution is 0.0693. The third-order valence-electron chi connectivity index (χ3n) is 2.60. The van der Waals surface area contributed by atoms with Crippen LogP contribution in [-0.2, 0) is 0 Å². The maximum absolute atomic E-state index is 10.9. The monoisotopic (exact) mass is 271 g/mol. The van der Waals surface area contributed by atoms with E-state index in [9.17, 15) is 9.90 Å². The molecule has 0 bridgehead atoms. The number of carboxylic acids is 1. The van der Waals surface area contributed by atoms with Gasteiger partial charge in [0.1, 0.15) is 11.3 Å². The Bertz CT molecular complexity index is 446. The summed E-state index contributed by atoms with van der Waals surface area (Å²) in [7, 11) is 0. The van der Waals surface area contributed by atoms with Crippen LogP contribution in [0.5, 0.6) is 5.75 Å². The molecule has 4 nitrogen and oxygen atoms in total. The molecule has 0 aromatic heterocycles. The summed E-state index contributed by atoms with van der Waals surface area (Å²) in [4.78, 5) is 10.9. The Morgan fingerprint density at radius 2 is 2.17 bits per heavy atom. The van der Waals surface area contributed by atoms with Crippen LogP contribution in [0.4, 0.5) is 0 Å². The number of halogens is 1. The fourth-order valence-corrected chi connectivity index (χ4v) is 1.71. The molecule has 1 atom stereocenters. The molecule has 0 saturated carbocycles. The third kappa shape index (κ3) is 3.75. The third-order valence-corrected chi connectivity index (χ3v) is 2.60. The van der Waals surface area contributed by atoms with Gasteiger partial charge in [0.05, 0.1) is 0 Å². The Morgan fingerprint density at radius 3 is 2.67 bits per heavy atom. The Hall–Kier alpha value is -1.52. The number of aromatic hydroxyl groups is 1. The van der Waals surface area contributed by atoms with Crippen molar-refractivity contribution in [2.45, 2.75) is 25.8 Å². The van der Waals surface area contributed by atoms with E-state index in [0.717, 1.165) is 12.0 Å². The highest BCUT2D eigenvalue weighted by molar-refractivity contribution is 5.91. The summed E-state index contributed by atoms with van der Waals surface area (Å²) < 4.78 is 0. The molecule has 1 aromatic rings. The molecule has 0 radical (unpaired) electrons. The first-order valence-electron chi connectivity index (χ1n) is 5.40. The zero-order chi connectivity index (χ0) is 13.0. The summed E-state index contributed by atoms with van der Waals surface area (Å²) in [5, 5.41) is 18.8. The highest BCUT2D eigenvalue weighted by Crippen LogP contribution is 2.30. The number of allylic oxidation sites excluding steroid dienone is 1. The quantitative estimate of drug-likeness (QED) is 0.719. The van der Waals surface area contributed by atoms with Crippen LogP contribution < -0.4 is 5.73 Å². The lowest BCUT2D eigenvalue weighted by Crippen LogP contribution is -2.12. The second kappa shape index (κ2) is 7.03. The number of carboxylic acid groups (broad SMARTS) is 1. The van der Waals surface area contributed by atoms with Crippen LogP contribution in [0.2, 0.25) is 0 Å². The Labute approximate surface area is 113 Å². The van der Waals surface area contributed by atoms with Crippen molar-refractivity contribution in [2.24, 2.45) is 5.73 Å². The zero-order valence-corrected chi connectivity index (χ0v) is 11.0. The fourth-order valence-electron chi connectivity index (χ4n) is 1.71. The first-order valence-corrected chi connectivity index (χ1v) is 5.40. The smallest absolute Gasteiger partial charge is 0.339 e. The first-order chi connectivity index (χ1) is 7.97. The van der Waals surface area contributed by atoms with Crippen molar-refractivity contribution in [1.82, 2.24) is 0 Å². The Balaban J connectivity index is 0.00000289. The van der Waals surface area contributed by atoms with Crippen molar-refractivity contribution in [3.8, 4) is 5.75 Å². The predicted octanol–water partition coefficient (Wildman–Crippen LogP) is 2.79. The van der Waals surface area contributed by atoms with Gasteiger partial charge >= 0.3 is 5.97 Å². The van der Waals surface area contributed by atoms with E-state index < -0.39 is 5.97 Å². The molecule has 0 fully saturated rings. The van der Waals surface area contributed by atoms with Gasteiger partial charge in [0, 0.05) is 11.6 Å². The van der Waals surface area contributed by atoms with E-state index in [4.69, 9.17) is 10.8 Å². The topological polar surface area (TPSA) is 83.6 Å². The molecule has 18 heavy (non-hydrogen) atoms. The summed E-state index contributed by atoms with van der Waals surface area (Å²) in [5.41, 5.74) is 7.06. The number of aromatic carboxylic acids is 1. The average Bonchev–Trinajstić information content (AvgIpc) is 2.28. The number of hydrogen-bond donors (Lipinski definition) is 3. The van der Waals surface area contributed by atoms with Gasteiger partial charge in [-0.15, -0.1) is 19.0 Å². The van der Waals surface area contributed by atoms with Gasteiger partial charge in [-0.1, -0.05) is 12.1 Å². The van der Waals surface area contributed by atoms with Crippen molar-refractivity contribution in [2.75, 3.05) is 0 Å². The van der Waals surface area contributed by atoms with Gasteiger partial charge in [-0.05, 0) is 31.4 Å². The molecule has 5 heteroatoms. The molecular weight excluding hydrogens is 254 g/mol. The van der Waals surface area contributed by atoms with Crippen LogP contribution >= 0.6 is 12.4 Å². The molecule has 0 unspecified atom stereocenters. The normalized spacial score (nSPS) is 11.4. The van der Waals surface area contributed by atoms with E-state index in [0.29, 0.717) is 12.0 Å². The summed E-state index contributed by atoms with van der Waals surface area (Å²) >= 11 is 0. The predicted molar refractivity (Wildman–Crippen MR) is 73.4 cm³/mol. The maximum atomic E-state index is 10.9. The standard InChI is InChI=1S/C13H17NO3.ClH/c1-3-4-5-11(14)9-6-8(2)7-10(12(9)15)13(16)17;/h3,6-7,11,15H,1,4-5,14H2,2H3,(H,16,17);1H/t11-;/m1./s1. The van der Waals surface area contributed by atoms with Crippen LogP contribution in [0.1, 0.15) is 40.4 Å². The molecule has 4 N–H and O–H groups in total. The zero-order valence-electron chi connectivity index (χ0n) is 10.2. The summed E-state index contributed by atoms with van der Waals surface area (Å²) in [5.74, 6) is -1.39. The van der Waals surface area contributed by atoms with Crippen LogP contribution in [0, 0.1) is 6.92 Å². The van der Waals surface area contributed by atoms with E-state index in [2.05, 4.69) is 6.58 Å². The van der Waals surface area contributed by atoms with E-state index in [1.165, 1.54) is 6.07 Å². The van der Waals surface area contributed by atoms with Crippen molar-refractivity contribution in [3.05, 3.63) is 41.5 Å². The summed E-state index contributed by atoms with van der Waals surface area (Å²) in [6.07, 6.45) is 3.08. The number of hydrogen-bond acceptors (Lipinski definition) is 3. The summed E-state index contributed by atoms with van der Waals surface area (Å²) in [6, 6.07) is 2.77. The Morgan fingerprint density at radius 1 is 1.56 bits per heavy atom. The van der Waals surface area contributed by atoms with Crippen molar-refractivity contribution in [3.63, 3.8) is 0 Å². The van der Waals surface area contributed by atoms with Crippen LogP contribution in [0.15, 0.2) is 24.8 Å². The second-order valence-electron chi connectivity index (χ2n) is 4.03. The Kier molecular flexibility index (Phi) is 6.44. The molecule has 0 aliphatic rings. The first kappa shape index (κ1) is 16.5.